The molecule has 1 N–H and O–H groups in total. The van der Waals surface area contributed by atoms with Gasteiger partial charge >= 0.3 is 0 Å². The highest BCUT2D eigenvalue weighted by molar-refractivity contribution is 7.12. The van der Waals surface area contributed by atoms with Crippen LogP contribution >= 0.6 is 22.9 Å². The van der Waals surface area contributed by atoms with Gasteiger partial charge in [0.2, 0.25) is 0 Å². The molecule has 4 nitrogen and oxygen atoms in total. The normalized spacial score (nSPS) is 16.9. The van der Waals surface area contributed by atoms with Crippen LogP contribution in [0.3, 0.4) is 0 Å². The van der Waals surface area contributed by atoms with Crippen LogP contribution in [0.2, 0.25) is 23.2 Å². The van der Waals surface area contributed by atoms with Crippen molar-refractivity contribution < 1.29 is 19.0 Å². The third-order valence-corrected chi connectivity index (χ3v) is 12.0. The molecule has 1 unspecified atom stereocenters. The van der Waals surface area contributed by atoms with E-state index >= 15 is 0 Å². The van der Waals surface area contributed by atoms with E-state index in [1.807, 2.05) is 31.2 Å². The molecule has 1 aliphatic rings. The number of rotatable bonds is 7. The minimum absolute atomic E-state index is 0.171. The molecule has 0 spiro atoms. The molecule has 0 amide bonds. The summed E-state index contributed by atoms with van der Waals surface area (Å²) in [7, 11) is -1.81. The molecule has 0 aliphatic carbocycles. The summed E-state index contributed by atoms with van der Waals surface area (Å²) in [5.41, 5.74) is 2.77. The van der Waals surface area contributed by atoms with E-state index in [0.29, 0.717) is 24.8 Å². The Morgan fingerprint density at radius 2 is 1.87 bits per heavy atom. The van der Waals surface area contributed by atoms with E-state index in [9.17, 15) is 5.11 Å². The van der Waals surface area contributed by atoms with Gasteiger partial charge in [-0.05, 0) is 66.4 Å². The van der Waals surface area contributed by atoms with Gasteiger partial charge in [0.15, 0.2) is 14.6 Å². The molecule has 1 aliphatic heterocycles. The second kappa shape index (κ2) is 9.41. The van der Waals surface area contributed by atoms with Gasteiger partial charge < -0.3 is 19.0 Å². The topological polar surface area (TPSA) is 47.9 Å². The van der Waals surface area contributed by atoms with Crippen molar-refractivity contribution in [1.82, 2.24) is 0 Å². The van der Waals surface area contributed by atoms with E-state index in [1.165, 1.54) is 0 Å². The highest BCUT2D eigenvalue weighted by Crippen LogP contribution is 2.39. The van der Waals surface area contributed by atoms with Crippen LogP contribution in [0.4, 0.5) is 0 Å². The Labute approximate surface area is 190 Å². The summed E-state index contributed by atoms with van der Waals surface area (Å²) in [6, 6.07) is 7.75. The van der Waals surface area contributed by atoms with Crippen LogP contribution < -0.4 is 0 Å². The van der Waals surface area contributed by atoms with Gasteiger partial charge in [-0.15, -0.1) is 11.3 Å². The molecular formula is C23H33ClO4SSi. The first-order chi connectivity index (χ1) is 14.0. The van der Waals surface area contributed by atoms with E-state index in [1.54, 1.807) is 11.3 Å². The number of aliphatic hydroxyl groups is 1. The lowest BCUT2D eigenvalue weighted by molar-refractivity contribution is -0.0414. The van der Waals surface area contributed by atoms with Crippen molar-refractivity contribution in [2.45, 2.75) is 64.6 Å². The number of aryl methyl sites for hydroxylation is 1. The van der Waals surface area contributed by atoms with Crippen molar-refractivity contribution in [1.29, 1.82) is 0 Å². The largest absolute Gasteiger partial charge is 0.416 e. The molecule has 1 saturated heterocycles. The predicted octanol–water partition coefficient (Wildman–Crippen LogP) is 6.40. The lowest BCUT2D eigenvalue weighted by Crippen LogP contribution is -2.41. The Morgan fingerprint density at radius 3 is 2.50 bits per heavy atom. The third kappa shape index (κ3) is 5.36. The van der Waals surface area contributed by atoms with Crippen molar-refractivity contribution in [2.24, 2.45) is 0 Å². The lowest BCUT2D eigenvalue weighted by Gasteiger charge is -2.36. The lowest BCUT2D eigenvalue weighted by atomic mass is 9.95. The van der Waals surface area contributed by atoms with Gasteiger partial charge in [-0.25, -0.2) is 0 Å². The second-order valence-corrected chi connectivity index (χ2v) is 15.9. The fourth-order valence-electron chi connectivity index (χ4n) is 3.28. The SMILES string of the molecule is Cc1sc(C2OCCO2)cc1C(O)c1cc(Cl)ccc1CCO[Si](C)(C)C(C)(C)C. The zero-order valence-electron chi connectivity index (χ0n) is 18.8. The second-order valence-electron chi connectivity index (χ2n) is 9.34. The zero-order valence-corrected chi connectivity index (χ0v) is 21.3. The standard InChI is InChI=1S/C23H33ClO4SSi/c1-15-18(14-20(29-15)22-26-11-12-27-22)21(25)19-13-17(24)8-7-16(19)9-10-28-30(5,6)23(2,3)4/h7-8,13-14,21-22,25H,9-12H2,1-6H3. The smallest absolute Gasteiger partial charge is 0.193 e. The van der Waals surface area contributed by atoms with Crippen LogP contribution in [0, 0.1) is 6.92 Å². The number of aliphatic hydroxyl groups excluding tert-OH is 1. The fraction of sp³-hybridized carbons (Fsp3) is 0.565. The van der Waals surface area contributed by atoms with Gasteiger partial charge in [0.05, 0.1) is 18.1 Å². The number of hydrogen-bond acceptors (Lipinski definition) is 5. The van der Waals surface area contributed by atoms with Crippen LogP contribution in [0.15, 0.2) is 24.3 Å². The number of benzene rings is 1. The average Bonchev–Trinajstić information content (AvgIpc) is 3.31. The van der Waals surface area contributed by atoms with E-state index in [-0.39, 0.29) is 11.3 Å². The summed E-state index contributed by atoms with van der Waals surface area (Å²) in [5.74, 6) is 0. The molecular weight excluding hydrogens is 436 g/mol. The van der Waals surface area contributed by atoms with E-state index in [4.69, 9.17) is 25.5 Å². The summed E-state index contributed by atoms with van der Waals surface area (Å²) in [4.78, 5) is 2.05. The maximum absolute atomic E-state index is 11.3. The molecule has 1 atom stereocenters. The van der Waals surface area contributed by atoms with E-state index in [0.717, 1.165) is 32.9 Å². The van der Waals surface area contributed by atoms with Gasteiger partial charge in [-0.3, -0.25) is 0 Å². The van der Waals surface area contributed by atoms with Crippen molar-refractivity contribution in [3.8, 4) is 0 Å². The van der Waals surface area contributed by atoms with Crippen LogP contribution in [-0.2, 0) is 20.3 Å². The van der Waals surface area contributed by atoms with Crippen molar-refractivity contribution >= 4 is 31.3 Å². The van der Waals surface area contributed by atoms with Crippen molar-refractivity contribution in [2.75, 3.05) is 19.8 Å². The van der Waals surface area contributed by atoms with Crippen LogP contribution in [-0.4, -0.2) is 33.2 Å². The molecule has 166 valence electrons. The highest BCUT2D eigenvalue weighted by Gasteiger charge is 2.37. The Morgan fingerprint density at radius 1 is 1.20 bits per heavy atom. The van der Waals surface area contributed by atoms with Gasteiger partial charge in [-0.2, -0.15) is 0 Å². The highest BCUT2D eigenvalue weighted by atomic mass is 35.5. The van der Waals surface area contributed by atoms with Crippen LogP contribution in [0.5, 0.6) is 0 Å². The minimum atomic E-state index is -1.81. The van der Waals surface area contributed by atoms with Gasteiger partial charge in [0.1, 0.15) is 6.10 Å². The minimum Gasteiger partial charge on any atom is -0.416 e. The van der Waals surface area contributed by atoms with E-state index in [2.05, 4.69) is 33.9 Å². The molecule has 2 heterocycles. The Hall–Kier alpha value is -0.733. The summed E-state index contributed by atoms with van der Waals surface area (Å²) in [6.45, 7) is 15.1. The van der Waals surface area contributed by atoms with E-state index < -0.39 is 14.4 Å². The van der Waals surface area contributed by atoms with Crippen molar-refractivity contribution in [3.05, 3.63) is 55.7 Å². The molecule has 1 fully saturated rings. The Balaban J connectivity index is 1.79. The summed E-state index contributed by atoms with van der Waals surface area (Å²) >= 11 is 7.90. The zero-order chi connectivity index (χ0) is 22.1. The van der Waals surface area contributed by atoms with Crippen LogP contribution in [0.25, 0.3) is 0 Å². The molecule has 0 radical (unpaired) electrons. The molecule has 2 aromatic rings. The molecule has 0 bridgehead atoms. The quantitative estimate of drug-likeness (QED) is 0.477. The van der Waals surface area contributed by atoms with Gasteiger partial charge in [-0.1, -0.05) is 38.4 Å². The predicted molar refractivity (Wildman–Crippen MR) is 126 cm³/mol. The molecule has 3 rings (SSSR count). The molecule has 0 saturated carbocycles. The summed E-state index contributed by atoms with van der Waals surface area (Å²) < 4.78 is 17.6. The average molecular weight is 469 g/mol. The Kier molecular flexibility index (Phi) is 7.50. The van der Waals surface area contributed by atoms with Gasteiger partial charge in [0.25, 0.3) is 0 Å². The molecule has 1 aromatic carbocycles. The first-order valence-corrected chi connectivity index (χ1v) is 14.5. The molecule has 7 heteroatoms. The summed E-state index contributed by atoms with van der Waals surface area (Å²) in [6.07, 6.45) is -0.342. The fourth-order valence-corrected chi connectivity index (χ4v) is 5.56. The summed E-state index contributed by atoms with van der Waals surface area (Å²) in [5, 5.41) is 12.0. The first-order valence-electron chi connectivity index (χ1n) is 10.4. The third-order valence-electron chi connectivity index (χ3n) is 6.17. The Bertz CT molecular complexity index is 869. The van der Waals surface area contributed by atoms with Crippen LogP contribution in [0.1, 0.15) is 59.6 Å². The number of hydrogen-bond donors (Lipinski definition) is 1. The monoisotopic (exact) mass is 468 g/mol. The first kappa shape index (κ1) is 23.9. The number of halogens is 1. The number of thiophene rings is 1. The number of ether oxygens (including phenoxy) is 2. The molecule has 1 aromatic heterocycles. The van der Waals surface area contributed by atoms with Gasteiger partial charge in [0, 0.05) is 16.5 Å². The van der Waals surface area contributed by atoms with Crippen molar-refractivity contribution in [3.63, 3.8) is 0 Å². The molecule has 30 heavy (non-hydrogen) atoms. The maximum Gasteiger partial charge on any atom is 0.193 e. The maximum atomic E-state index is 11.3.